The summed E-state index contributed by atoms with van der Waals surface area (Å²) < 4.78 is 0. The van der Waals surface area contributed by atoms with Crippen molar-refractivity contribution in [3.63, 3.8) is 0 Å². The summed E-state index contributed by atoms with van der Waals surface area (Å²) in [5.41, 5.74) is 0. The fourth-order valence-corrected chi connectivity index (χ4v) is 2.30. The highest BCUT2D eigenvalue weighted by Crippen LogP contribution is 2.13. The van der Waals surface area contributed by atoms with Crippen LogP contribution in [0.15, 0.2) is 6.08 Å². The number of allylic oxidation sites excluding steroid dienone is 1. The van der Waals surface area contributed by atoms with E-state index in [4.69, 9.17) is 6.58 Å². The van der Waals surface area contributed by atoms with Crippen molar-refractivity contribution in [2.75, 3.05) is 0 Å². The number of unbranched alkanes of at least 4 members (excludes halogenated alkanes) is 9. The predicted octanol–water partition coefficient (Wildman–Crippen LogP) is 5.43. The SMILES string of the molecule is [CH]=CCCCCCCCCC(O)CCCCCC. The summed E-state index contributed by atoms with van der Waals surface area (Å²) in [5, 5.41) is 9.80. The van der Waals surface area contributed by atoms with E-state index in [1.165, 1.54) is 64.2 Å². The fourth-order valence-electron chi connectivity index (χ4n) is 2.30. The number of aliphatic hydroxyl groups excluding tert-OH is 1. The van der Waals surface area contributed by atoms with Gasteiger partial charge in [-0.1, -0.05) is 77.4 Å². The second kappa shape index (κ2) is 14.8. The Balaban J connectivity index is 3.10. The van der Waals surface area contributed by atoms with Crippen molar-refractivity contribution < 1.29 is 5.11 Å². The Morgan fingerprint density at radius 3 is 1.89 bits per heavy atom. The molecule has 1 atom stereocenters. The van der Waals surface area contributed by atoms with Crippen LogP contribution in [0.2, 0.25) is 0 Å². The van der Waals surface area contributed by atoms with Gasteiger partial charge in [-0.05, 0) is 25.7 Å². The molecule has 1 heteroatoms. The summed E-state index contributed by atoms with van der Waals surface area (Å²) in [6, 6.07) is 0. The van der Waals surface area contributed by atoms with Crippen molar-refractivity contribution in [1.29, 1.82) is 0 Å². The van der Waals surface area contributed by atoms with Crippen LogP contribution in [0, 0.1) is 6.58 Å². The quantitative estimate of drug-likeness (QED) is 0.409. The lowest BCUT2D eigenvalue weighted by Crippen LogP contribution is -2.05. The average molecular weight is 253 g/mol. The lowest BCUT2D eigenvalue weighted by atomic mass is 10.0. The Bertz CT molecular complexity index is 165. The zero-order valence-electron chi connectivity index (χ0n) is 12.4. The molecule has 0 bridgehead atoms. The number of hydrogen-bond donors (Lipinski definition) is 1. The summed E-state index contributed by atoms with van der Waals surface area (Å²) in [5.74, 6) is 0. The third kappa shape index (κ3) is 13.8. The van der Waals surface area contributed by atoms with Crippen LogP contribution in [-0.2, 0) is 0 Å². The van der Waals surface area contributed by atoms with Gasteiger partial charge in [-0.15, -0.1) is 0 Å². The maximum absolute atomic E-state index is 9.80. The lowest BCUT2D eigenvalue weighted by Gasteiger charge is -2.09. The van der Waals surface area contributed by atoms with Gasteiger partial charge in [-0.3, -0.25) is 0 Å². The fraction of sp³-hybridized carbons (Fsp3) is 0.882. The summed E-state index contributed by atoms with van der Waals surface area (Å²) in [6.45, 7) is 7.55. The minimum Gasteiger partial charge on any atom is -0.393 e. The second-order valence-electron chi connectivity index (χ2n) is 5.44. The minimum atomic E-state index is -0.0475. The zero-order chi connectivity index (χ0) is 13.5. The zero-order valence-corrected chi connectivity index (χ0v) is 12.4. The van der Waals surface area contributed by atoms with E-state index in [0.717, 1.165) is 19.3 Å². The molecule has 107 valence electrons. The number of hydrogen-bond acceptors (Lipinski definition) is 1. The first-order valence-corrected chi connectivity index (χ1v) is 8.02. The third-order valence-corrected chi connectivity index (χ3v) is 3.55. The molecular formula is C17H33O. The molecule has 0 saturated heterocycles. The molecule has 1 unspecified atom stereocenters. The molecule has 0 saturated carbocycles. The van der Waals surface area contributed by atoms with E-state index in [1.54, 1.807) is 6.08 Å². The van der Waals surface area contributed by atoms with Gasteiger partial charge in [0.05, 0.1) is 6.10 Å². The van der Waals surface area contributed by atoms with Crippen molar-refractivity contribution in [2.45, 2.75) is 96.5 Å². The highest BCUT2D eigenvalue weighted by Gasteiger charge is 2.03. The van der Waals surface area contributed by atoms with Crippen LogP contribution in [0.4, 0.5) is 0 Å². The number of aliphatic hydroxyl groups is 1. The molecule has 1 nitrogen and oxygen atoms in total. The molecular weight excluding hydrogens is 220 g/mol. The highest BCUT2D eigenvalue weighted by molar-refractivity contribution is 4.62. The first kappa shape index (κ1) is 17.7. The molecule has 18 heavy (non-hydrogen) atoms. The summed E-state index contributed by atoms with van der Waals surface area (Å²) in [4.78, 5) is 0. The van der Waals surface area contributed by atoms with Crippen LogP contribution in [-0.4, -0.2) is 11.2 Å². The first-order valence-electron chi connectivity index (χ1n) is 8.02. The summed E-state index contributed by atoms with van der Waals surface area (Å²) in [7, 11) is 0. The first-order chi connectivity index (χ1) is 8.81. The van der Waals surface area contributed by atoms with Crippen LogP contribution in [0.5, 0.6) is 0 Å². The maximum atomic E-state index is 9.80. The lowest BCUT2D eigenvalue weighted by molar-refractivity contribution is 0.147. The molecule has 0 amide bonds. The molecule has 0 aliphatic rings. The molecule has 0 aromatic heterocycles. The molecule has 1 N–H and O–H groups in total. The monoisotopic (exact) mass is 253 g/mol. The second-order valence-corrected chi connectivity index (χ2v) is 5.44. The van der Waals surface area contributed by atoms with Crippen LogP contribution >= 0.6 is 0 Å². The van der Waals surface area contributed by atoms with Crippen LogP contribution in [0.1, 0.15) is 90.4 Å². The normalized spacial score (nSPS) is 12.6. The highest BCUT2D eigenvalue weighted by atomic mass is 16.3. The molecule has 0 aliphatic heterocycles. The van der Waals surface area contributed by atoms with E-state index in [-0.39, 0.29) is 6.10 Å². The molecule has 0 aromatic carbocycles. The average Bonchev–Trinajstić information content (AvgIpc) is 2.38. The van der Waals surface area contributed by atoms with E-state index in [0.29, 0.717) is 0 Å². The van der Waals surface area contributed by atoms with E-state index in [2.05, 4.69) is 6.92 Å². The smallest absolute Gasteiger partial charge is 0.0540 e. The van der Waals surface area contributed by atoms with E-state index in [9.17, 15) is 5.11 Å². The Kier molecular flexibility index (Phi) is 14.5. The van der Waals surface area contributed by atoms with Gasteiger partial charge < -0.3 is 5.11 Å². The molecule has 0 aromatic rings. The summed E-state index contributed by atoms with van der Waals surface area (Å²) >= 11 is 0. The molecule has 0 aliphatic carbocycles. The van der Waals surface area contributed by atoms with Gasteiger partial charge in [0, 0.05) is 0 Å². The van der Waals surface area contributed by atoms with Gasteiger partial charge in [0.1, 0.15) is 0 Å². The van der Waals surface area contributed by atoms with Gasteiger partial charge >= 0.3 is 0 Å². The van der Waals surface area contributed by atoms with Crippen molar-refractivity contribution in [3.05, 3.63) is 12.7 Å². The largest absolute Gasteiger partial charge is 0.393 e. The van der Waals surface area contributed by atoms with Crippen LogP contribution in [0.25, 0.3) is 0 Å². The van der Waals surface area contributed by atoms with Gasteiger partial charge in [-0.2, -0.15) is 0 Å². The van der Waals surface area contributed by atoms with Crippen molar-refractivity contribution in [3.8, 4) is 0 Å². The van der Waals surface area contributed by atoms with Gasteiger partial charge in [0.25, 0.3) is 0 Å². The van der Waals surface area contributed by atoms with Crippen LogP contribution < -0.4 is 0 Å². The van der Waals surface area contributed by atoms with Crippen molar-refractivity contribution in [2.24, 2.45) is 0 Å². The van der Waals surface area contributed by atoms with Crippen molar-refractivity contribution in [1.82, 2.24) is 0 Å². The maximum Gasteiger partial charge on any atom is 0.0540 e. The Hall–Kier alpha value is -0.300. The Morgan fingerprint density at radius 1 is 0.833 bits per heavy atom. The molecule has 0 heterocycles. The van der Waals surface area contributed by atoms with E-state index >= 15 is 0 Å². The third-order valence-electron chi connectivity index (χ3n) is 3.55. The van der Waals surface area contributed by atoms with Crippen LogP contribution in [0.3, 0.4) is 0 Å². The topological polar surface area (TPSA) is 20.2 Å². The van der Waals surface area contributed by atoms with Gasteiger partial charge in [-0.25, -0.2) is 0 Å². The number of rotatable bonds is 14. The molecule has 0 fully saturated rings. The Labute approximate surface area is 115 Å². The minimum absolute atomic E-state index is 0.0475. The standard InChI is InChI=1S/C17H33O/c1-3-5-7-9-10-11-12-14-16-17(18)15-13-8-6-4-2/h1,3,17-18H,4-16H2,2H3. The molecule has 0 rings (SSSR count). The Morgan fingerprint density at radius 2 is 1.33 bits per heavy atom. The van der Waals surface area contributed by atoms with Crippen molar-refractivity contribution >= 4 is 0 Å². The van der Waals surface area contributed by atoms with E-state index < -0.39 is 0 Å². The van der Waals surface area contributed by atoms with Gasteiger partial charge in [0.2, 0.25) is 0 Å². The molecule has 1 radical (unpaired) electrons. The predicted molar refractivity (Wildman–Crippen MR) is 80.6 cm³/mol. The van der Waals surface area contributed by atoms with E-state index in [1.807, 2.05) is 0 Å². The van der Waals surface area contributed by atoms with Gasteiger partial charge in [0.15, 0.2) is 0 Å². The molecule has 0 spiro atoms. The summed E-state index contributed by atoms with van der Waals surface area (Å²) in [6.07, 6.45) is 17.5.